The minimum Gasteiger partial charge on any atom is -0.285 e. The summed E-state index contributed by atoms with van der Waals surface area (Å²) in [5, 5.41) is 9.39. The molecule has 0 atom stereocenters. The largest absolute Gasteiger partial charge is 0.285 e. The number of hydrogen-bond donors (Lipinski definition) is 0. The summed E-state index contributed by atoms with van der Waals surface area (Å²) in [4.78, 5) is 8.98. The smallest absolute Gasteiger partial charge is 0.180 e. The Morgan fingerprint density at radius 3 is 2.86 bits per heavy atom. The Labute approximate surface area is 173 Å². The van der Waals surface area contributed by atoms with Gasteiger partial charge in [0, 0.05) is 42.6 Å². The molecule has 3 aliphatic rings. The molecule has 3 aromatic rings. The highest BCUT2D eigenvalue weighted by molar-refractivity contribution is 6.35. The second kappa shape index (κ2) is 6.49. The van der Waals surface area contributed by atoms with Gasteiger partial charge in [0.2, 0.25) is 0 Å². The quantitative estimate of drug-likeness (QED) is 0.624. The molecule has 6 heteroatoms. The normalized spacial score (nSPS) is 18.2. The summed E-state index contributed by atoms with van der Waals surface area (Å²) in [5.41, 5.74) is 7.02. The number of hydrogen-bond acceptors (Lipinski definition) is 4. The van der Waals surface area contributed by atoms with Gasteiger partial charge in [0.05, 0.1) is 16.4 Å². The van der Waals surface area contributed by atoms with Crippen LogP contribution in [-0.2, 0) is 6.42 Å². The van der Waals surface area contributed by atoms with Crippen LogP contribution in [-0.4, -0.2) is 25.3 Å². The topological polar surface area (TPSA) is 55.4 Å². The van der Waals surface area contributed by atoms with Crippen molar-refractivity contribution in [2.24, 2.45) is 10.9 Å². The molecule has 1 fully saturated rings. The predicted octanol–water partition coefficient (Wildman–Crippen LogP) is 4.94. The van der Waals surface area contributed by atoms with Crippen molar-refractivity contribution in [1.82, 2.24) is 19.6 Å². The molecule has 29 heavy (non-hydrogen) atoms. The fraction of sp³-hybridized carbons (Fsp3) is 0.217. The van der Waals surface area contributed by atoms with Crippen LogP contribution in [0.2, 0.25) is 5.02 Å². The van der Waals surface area contributed by atoms with E-state index < -0.39 is 0 Å². The van der Waals surface area contributed by atoms with Gasteiger partial charge in [-0.2, -0.15) is 0 Å². The number of pyridine rings is 2. The summed E-state index contributed by atoms with van der Waals surface area (Å²) < 4.78 is 2.03. The first-order chi connectivity index (χ1) is 14.3. The van der Waals surface area contributed by atoms with E-state index in [0.29, 0.717) is 5.02 Å². The molecule has 0 saturated heterocycles. The molecule has 6 rings (SSSR count). The van der Waals surface area contributed by atoms with E-state index >= 15 is 0 Å². The van der Waals surface area contributed by atoms with Crippen LogP contribution in [0.25, 0.3) is 16.9 Å². The molecule has 0 radical (unpaired) electrons. The van der Waals surface area contributed by atoms with E-state index in [1.807, 2.05) is 28.9 Å². The van der Waals surface area contributed by atoms with Crippen LogP contribution in [0.5, 0.6) is 0 Å². The molecular weight excluding hydrogens is 382 g/mol. The molecule has 2 aliphatic carbocycles. The average molecular weight is 400 g/mol. The van der Waals surface area contributed by atoms with Gasteiger partial charge in [-0.3, -0.25) is 14.4 Å². The molecule has 1 saturated carbocycles. The monoisotopic (exact) mass is 399 g/mol. The molecule has 0 spiro atoms. The van der Waals surface area contributed by atoms with Crippen LogP contribution < -0.4 is 0 Å². The second-order valence-corrected chi connectivity index (χ2v) is 8.17. The van der Waals surface area contributed by atoms with Gasteiger partial charge >= 0.3 is 0 Å². The lowest BCUT2D eigenvalue weighted by Crippen LogP contribution is -2.03. The number of nitrogens with zero attached hydrogens (tertiary/aromatic N) is 5. The fourth-order valence-corrected chi connectivity index (χ4v) is 4.26. The Morgan fingerprint density at radius 2 is 2.03 bits per heavy atom. The number of halogens is 1. The fourth-order valence-electron chi connectivity index (χ4n) is 3.96. The Hall–Kier alpha value is -3.05. The minimum atomic E-state index is 0.653. The summed E-state index contributed by atoms with van der Waals surface area (Å²) in [5.74, 6) is 1.76. The predicted molar refractivity (Wildman–Crippen MR) is 115 cm³/mol. The van der Waals surface area contributed by atoms with E-state index in [9.17, 15) is 0 Å². The van der Waals surface area contributed by atoms with Crippen LogP contribution in [0.3, 0.4) is 0 Å². The number of rotatable bonds is 4. The maximum Gasteiger partial charge on any atom is 0.180 e. The lowest BCUT2D eigenvalue weighted by Gasteiger charge is -2.13. The molecule has 0 N–H and O–H groups in total. The SMILES string of the molecule is Clc1c(C2=CCC3=NC(c4cccnc4)=CC3=C2)ccn2c(CC3CC3)nnc12. The Bertz CT molecular complexity index is 1260. The van der Waals surface area contributed by atoms with E-state index in [0.717, 1.165) is 63.9 Å². The van der Waals surface area contributed by atoms with Crippen molar-refractivity contribution < 1.29 is 0 Å². The van der Waals surface area contributed by atoms with Gasteiger partial charge in [0.15, 0.2) is 5.65 Å². The number of aromatic nitrogens is 4. The zero-order valence-corrected chi connectivity index (χ0v) is 16.5. The molecule has 0 bridgehead atoms. The second-order valence-electron chi connectivity index (χ2n) is 7.79. The molecule has 0 unspecified atom stereocenters. The molecule has 0 aromatic carbocycles. The third-order valence-corrected chi connectivity index (χ3v) is 6.11. The van der Waals surface area contributed by atoms with Crippen molar-refractivity contribution >= 4 is 34.2 Å². The van der Waals surface area contributed by atoms with Crippen molar-refractivity contribution in [3.8, 4) is 0 Å². The summed E-state index contributed by atoms with van der Waals surface area (Å²) in [6.07, 6.45) is 16.5. The highest BCUT2D eigenvalue weighted by atomic mass is 35.5. The molecule has 1 aliphatic heterocycles. The van der Waals surface area contributed by atoms with E-state index in [1.165, 1.54) is 12.8 Å². The van der Waals surface area contributed by atoms with Gasteiger partial charge in [-0.1, -0.05) is 17.7 Å². The van der Waals surface area contributed by atoms with Crippen LogP contribution in [0.1, 0.15) is 36.2 Å². The third kappa shape index (κ3) is 2.93. The maximum absolute atomic E-state index is 6.76. The van der Waals surface area contributed by atoms with E-state index in [2.05, 4.69) is 39.5 Å². The third-order valence-electron chi connectivity index (χ3n) is 5.73. The maximum atomic E-state index is 6.76. The van der Waals surface area contributed by atoms with Crippen molar-refractivity contribution in [3.63, 3.8) is 0 Å². The van der Waals surface area contributed by atoms with Crippen molar-refractivity contribution in [3.05, 3.63) is 82.6 Å². The number of allylic oxidation sites excluding steroid dienone is 5. The van der Waals surface area contributed by atoms with Gasteiger partial charge in [-0.25, -0.2) is 0 Å². The molecule has 0 amide bonds. The Morgan fingerprint density at radius 1 is 1.10 bits per heavy atom. The first-order valence-corrected chi connectivity index (χ1v) is 10.3. The first kappa shape index (κ1) is 16.9. The van der Waals surface area contributed by atoms with Crippen LogP contribution in [0.15, 0.2) is 65.6 Å². The van der Waals surface area contributed by atoms with Crippen molar-refractivity contribution in [1.29, 1.82) is 0 Å². The first-order valence-electron chi connectivity index (χ1n) is 9.90. The van der Waals surface area contributed by atoms with Gasteiger partial charge in [0.25, 0.3) is 0 Å². The molecule has 142 valence electrons. The zero-order chi connectivity index (χ0) is 19.4. The molecular formula is C23H18ClN5. The van der Waals surface area contributed by atoms with Crippen LogP contribution in [0, 0.1) is 5.92 Å². The van der Waals surface area contributed by atoms with Gasteiger partial charge in [-0.15, -0.1) is 10.2 Å². The highest BCUT2D eigenvalue weighted by Crippen LogP contribution is 2.36. The van der Waals surface area contributed by atoms with Crippen LogP contribution >= 0.6 is 11.6 Å². The number of fused-ring (bicyclic) bond motifs is 2. The van der Waals surface area contributed by atoms with E-state index in [1.54, 1.807) is 6.20 Å². The van der Waals surface area contributed by atoms with E-state index in [4.69, 9.17) is 16.6 Å². The summed E-state index contributed by atoms with van der Waals surface area (Å²) in [6, 6.07) is 6.03. The van der Waals surface area contributed by atoms with Crippen molar-refractivity contribution in [2.75, 3.05) is 0 Å². The number of aliphatic imine (C=N–C) groups is 1. The van der Waals surface area contributed by atoms with Crippen LogP contribution in [0.4, 0.5) is 0 Å². The van der Waals surface area contributed by atoms with Crippen molar-refractivity contribution in [2.45, 2.75) is 25.7 Å². The zero-order valence-electron chi connectivity index (χ0n) is 15.7. The van der Waals surface area contributed by atoms with Gasteiger partial charge in [-0.05, 0) is 60.3 Å². The lowest BCUT2D eigenvalue weighted by molar-refractivity contribution is 0.758. The van der Waals surface area contributed by atoms with E-state index in [-0.39, 0.29) is 0 Å². The molecule has 3 aromatic heterocycles. The Balaban J connectivity index is 1.35. The standard InChI is InChI=1S/C23H18ClN5/c24-22-18(7-9-29-21(10-14-3-4-14)27-28-23(22)29)15-5-6-19-17(11-15)12-20(26-19)16-2-1-8-25-13-16/h1-2,5,7-9,11-14H,3-4,6,10H2. The molecule has 5 nitrogen and oxygen atoms in total. The average Bonchev–Trinajstić information content (AvgIpc) is 3.31. The lowest BCUT2D eigenvalue weighted by atomic mass is 9.94. The summed E-state index contributed by atoms with van der Waals surface area (Å²) >= 11 is 6.76. The summed E-state index contributed by atoms with van der Waals surface area (Å²) in [6.45, 7) is 0. The van der Waals surface area contributed by atoms with Gasteiger partial charge < -0.3 is 0 Å². The Kier molecular flexibility index (Phi) is 3.78. The minimum absolute atomic E-state index is 0.653. The van der Waals surface area contributed by atoms with Gasteiger partial charge in [0.1, 0.15) is 5.82 Å². The summed E-state index contributed by atoms with van der Waals surface area (Å²) in [7, 11) is 0. The highest BCUT2D eigenvalue weighted by Gasteiger charge is 2.25. The molecule has 4 heterocycles.